The fraction of sp³-hybridized carbons (Fsp3) is 0.929. The molecular weight excluding hydrogens is 253 g/mol. The third-order valence-electron chi connectivity index (χ3n) is 4.03. The molecule has 5 heteroatoms. The van der Waals surface area contributed by atoms with E-state index in [1.54, 1.807) is 0 Å². The molecule has 0 aromatic rings. The van der Waals surface area contributed by atoms with Gasteiger partial charge in [0.05, 0.1) is 18.5 Å². The van der Waals surface area contributed by atoms with Crippen LogP contribution in [0.1, 0.15) is 46.0 Å². The third-order valence-corrected chi connectivity index (χ3v) is 4.03. The molecule has 0 heterocycles. The fourth-order valence-corrected chi connectivity index (χ4v) is 3.04. The summed E-state index contributed by atoms with van der Waals surface area (Å²) >= 11 is 0. The monoisotopic (exact) mass is 276 g/mol. The predicted molar refractivity (Wildman–Crippen MR) is 68.4 cm³/mol. The molecule has 1 aliphatic rings. The van der Waals surface area contributed by atoms with Gasteiger partial charge >= 0.3 is 6.18 Å². The second kappa shape index (κ2) is 7.14. The maximum atomic E-state index is 12.7. The van der Waals surface area contributed by atoms with Crippen molar-refractivity contribution in [1.29, 1.82) is 5.26 Å². The molecule has 1 rings (SSSR count). The number of alkyl halides is 3. The summed E-state index contributed by atoms with van der Waals surface area (Å²) in [6.45, 7) is 3.48. The highest BCUT2D eigenvalue weighted by Crippen LogP contribution is 2.35. The zero-order valence-electron chi connectivity index (χ0n) is 11.7. The third kappa shape index (κ3) is 5.02. The molecule has 0 radical (unpaired) electrons. The van der Waals surface area contributed by atoms with E-state index < -0.39 is 12.7 Å². The van der Waals surface area contributed by atoms with Gasteiger partial charge in [-0.3, -0.25) is 4.90 Å². The first kappa shape index (κ1) is 16.3. The van der Waals surface area contributed by atoms with E-state index in [2.05, 4.69) is 13.0 Å². The van der Waals surface area contributed by atoms with Crippen molar-refractivity contribution in [1.82, 2.24) is 4.90 Å². The van der Waals surface area contributed by atoms with Crippen molar-refractivity contribution in [2.75, 3.05) is 13.1 Å². The van der Waals surface area contributed by atoms with Crippen LogP contribution in [-0.2, 0) is 0 Å². The molecule has 0 saturated heterocycles. The summed E-state index contributed by atoms with van der Waals surface area (Å²) in [7, 11) is 0. The van der Waals surface area contributed by atoms with Crippen LogP contribution in [-0.4, -0.2) is 30.2 Å². The Morgan fingerprint density at radius 2 is 1.95 bits per heavy atom. The predicted octanol–water partition coefficient (Wildman–Crippen LogP) is 3.98. The van der Waals surface area contributed by atoms with Gasteiger partial charge in [-0.2, -0.15) is 18.4 Å². The van der Waals surface area contributed by atoms with Gasteiger partial charge in [-0.15, -0.1) is 0 Å². The van der Waals surface area contributed by atoms with Crippen molar-refractivity contribution in [2.45, 2.75) is 58.2 Å². The molecule has 19 heavy (non-hydrogen) atoms. The minimum absolute atomic E-state index is 0.231. The van der Waals surface area contributed by atoms with Crippen molar-refractivity contribution in [2.24, 2.45) is 11.8 Å². The zero-order chi connectivity index (χ0) is 14.5. The van der Waals surface area contributed by atoms with Crippen LogP contribution >= 0.6 is 0 Å². The molecule has 0 spiro atoms. The molecule has 1 aliphatic carbocycles. The van der Waals surface area contributed by atoms with Crippen LogP contribution in [0, 0.1) is 23.2 Å². The van der Waals surface area contributed by atoms with Gasteiger partial charge in [0, 0.05) is 6.04 Å². The molecule has 0 aromatic heterocycles. The number of nitriles is 1. The largest absolute Gasteiger partial charge is 0.401 e. The van der Waals surface area contributed by atoms with Crippen LogP contribution in [0.25, 0.3) is 0 Å². The number of hydrogen-bond acceptors (Lipinski definition) is 2. The van der Waals surface area contributed by atoms with E-state index in [0.29, 0.717) is 18.9 Å². The highest BCUT2D eigenvalue weighted by Gasteiger charge is 2.39. The summed E-state index contributed by atoms with van der Waals surface area (Å²) in [6, 6.07) is 1.98. The number of hydrogen-bond donors (Lipinski definition) is 0. The van der Waals surface area contributed by atoms with Gasteiger partial charge in [-0.05, 0) is 38.1 Å². The lowest BCUT2D eigenvalue weighted by atomic mass is 9.77. The van der Waals surface area contributed by atoms with Crippen LogP contribution in [0.15, 0.2) is 0 Å². The lowest BCUT2D eigenvalue weighted by Gasteiger charge is -2.40. The Kier molecular flexibility index (Phi) is 6.12. The highest BCUT2D eigenvalue weighted by molar-refractivity contribution is 4.97. The fourth-order valence-electron chi connectivity index (χ4n) is 3.04. The Hall–Kier alpha value is -0.760. The van der Waals surface area contributed by atoms with Crippen LogP contribution in [0.4, 0.5) is 13.2 Å². The van der Waals surface area contributed by atoms with Crippen LogP contribution in [0.3, 0.4) is 0 Å². The van der Waals surface area contributed by atoms with E-state index in [-0.39, 0.29) is 12.0 Å². The summed E-state index contributed by atoms with van der Waals surface area (Å²) in [5.74, 6) is 0.207. The van der Waals surface area contributed by atoms with Gasteiger partial charge in [-0.25, -0.2) is 0 Å². The average Bonchev–Trinajstić information content (AvgIpc) is 2.36. The van der Waals surface area contributed by atoms with Gasteiger partial charge < -0.3 is 0 Å². The van der Waals surface area contributed by atoms with Crippen LogP contribution in [0.5, 0.6) is 0 Å². The minimum atomic E-state index is -4.19. The Labute approximate surface area is 113 Å². The molecule has 0 amide bonds. The summed E-state index contributed by atoms with van der Waals surface area (Å²) < 4.78 is 38.0. The quantitative estimate of drug-likeness (QED) is 0.759. The maximum absolute atomic E-state index is 12.7. The van der Waals surface area contributed by atoms with E-state index in [1.165, 1.54) is 4.90 Å². The van der Waals surface area contributed by atoms with Gasteiger partial charge in [0.15, 0.2) is 0 Å². The summed E-state index contributed by atoms with van der Waals surface area (Å²) in [4.78, 5) is 1.48. The molecule has 0 aromatic carbocycles. The molecule has 1 fully saturated rings. The second-order valence-corrected chi connectivity index (χ2v) is 5.48. The molecule has 0 bridgehead atoms. The van der Waals surface area contributed by atoms with Gasteiger partial charge in [0.25, 0.3) is 0 Å². The molecule has 1 saturated carbocycles. The van der Waals surface area contributed by atoms with E-state index in [9.17, 15) is 18.4 Å². The molecule has 0 N–H and O–H groups in total. The molecular formula is C14H23F3N2. The molecule has 110 valence electrons. The summed E-state index contributed by atoms with van der Waals surface area (Å²) in [6.07, 6.45) is -0.0871. The first-order valence-corrected chi connectivity index (χ1v) is 7.11. The van der Waals surface area contributed by atoms with Gasteiger partial charge in [0.1, 0.15) is 0 Å². The van der Waals surface area contributed by atoms with Crippen molar-refractivity contribution < 1.29 is 13.2 Å². The van der Waals surface area contributed by atoms with Crippen molar-refractivity contribution >= 4 is 0 Å². The first-order valence-electron chi connectivity index (χ1n) is 7.11. The standard InChI is InChI=1S/C14H23F3N2/c1-3-7-19(10-14(15,16)17)13-8-11(4-2)5-6-12(13)9-18/h11-13H,3-8,10H2,1-2H3. The Bertz CT molecular complexity index is 309. The van der Waals surface area contributed by atoms with Crippen LogP contribution < -0.4 is 0 Å². The van der Waals surface area contributed by atoms with Gasteiger partial charge in [0.2, 0.25) is 0 Å². The highest BCUT2D eigenvalue weighted by atomic mass is 19.4. The van der Waals surface area contributed by atoms with E-state index in [0.717, 1.165) is 25.7 Å². The van der Waals surface area contributed by atoms with Gasteiger partial charge in [-0.1, -0.05) is 20.3 Å². The lowest BCUT2D eigenvalue weighted by molar-refractivity contribution is -0.154. The zero-order valence-corrected chi connectivity index (χ0v) is 11.7. The summed E-state index contributed by atoms with van der Waals surface area (Å²) in [5.41, 5.74) is 0. The van der Waals surface area contributed by atoms with Crippen molar-refractivity contribution in [3.05, 3.63) is 0 Å². The topological polar surface area (TPSA) is 27.0 Å². The van der Waals surface area contributed by atoms with E-state index >= 15 is 0 Å². The molecule has 3 atom stereocenters. The number of halogens is 3. The van der Waals surface area contributed by atoms with Crippen molar-refractivity contribution in [3.63, 3.8) is 0 Å². The second-order valence-electron chi connectivity index (χ2n) is 5.48. The van der Waals surface area contributed by atoms with Crippen LogP contribution in [0.2, 0.25) is 0 Å². The Morgan fingerprint density at radius 1 is 1.26 bits per heavy atom. The lowest BCUT2D eigenvalue weighted by Crippen LogP contribution is -2.48. The van der Waals surface area contributed by atoms with Crippen molar-refractivity contribution in [3.8, 4) is 6.07 Å². The smallest absolute Gasteiger partial charge is 0.291 e. The molecule has 2 nitrogen and oxygen atoms in total. The number of rotatable bonds is 5. The number of nitrogens with zero attached hydrogens (tertiary/aromatic N) is 2. The molecule has 0 aliphatic heterocycles. The normalized spacial score (nSPS) is 28.4. The SMILES string of the molecule is CCCN(CC(F)(F)F)C1CC(CC)CCC1C#N. The van der Waals surface area contributed by atoms with E-state index in [4.69, 9.17) is 0 Å². The summed E-state index contributed by atoms with van der Waals surface area (Å²) in [5, 5.41) is 9.18. The Morgan fingerprint density at radius 3 is 2.42 bits per heavy atom. The maximum Gasteiger partial charge on any atom is 0.401 e. The Balaban J connectivity index is 2.80. The minimum Gasteiger partial charge on any atom is -0.291 e. The molecule has 3 unspecified atom stereocenters. The first-order chi connectivity index (χ1) is 8.91. The average molecular weight is 276 g/mol. The van der Waals surface area contributed by atoms with E-state index in [1.807, 2.05) is 6.92 Å².